The lowest BCUT2D eigenvalue weighted by molar-refractivity contribution is 0.0504. The van der Waals surface area contributed by atoms with Crippen LogP contribution < -0.4 is 10.1 Å². The van der Waals surface area contributed by atoms with Crippen LogP contribution >= 0.6 is 0 Å². The zero-order chi connectivity index (χ0) is 26.4. The van der Waals surface area contributed by atoms with E-state index in [9.17, 15) is 15.5 Å². The summed E-state index contributed by atoms with van der Waals surface area (Å²) in [5, 5.41) is 45.1. The molecule has 0 fully saturated rings. The number of aromatic nitrogens is 2. The van der Waals surface area contributed by atoms with Crippen LogP contribution in [0.1, 0.15) is 30.5 Å². The van der Waals surface area contributed by atoms with Crippen LogP contribution in [0, 0.1) is 11.3 Å². The van der Waals surface area contributed by atoms with Crippen LogP contribution in [0.2, 0.25) is 0 Å². The van der Waals surface area contributed by atoms with Gasteiger partial charge in [-0.3, -0.25) is 10.2 Å². The molecule has 3 aromatic rings. The highest BCUT2D eigenvalue weighted by Crippen LogP contribution is 2.29. The summed E-state index contributed by atoms with van der Waals surface area (Å²) in [6.45, 7) is 5.61. The first-order valence-electron chi connectivity index (χ1n) is 12.5. The van der Waals surface area contributed by atoms with Gasteiger partial charge in [0, 0.05) is 37.3 Å². The van der Waals surface area contributed by atoms with Gasteiger partial charge in [0.2, 0.25) is 5.82 Å². The van der Waals surface area contributed by atoms with Gasteiger partial charge >= 0.3 is 0 Å². The fraction of sp³-hybridized carbons (Fsp3) is 0.444. The molecule has 0 saturated carbocycles. The lowest BCUT2D eigenvalue weighted by Gasteiger charge is -2.24. The van der Waals surface area contributed by atoms with Gasteiger partial charge < -0.3 is 24.6 Å². The Balaban J connectivity index is 1.43. The van der Waals surface area contributed by atoms with Crippen molar-refractivity contribution in [2.75, 3.05) is 32.8 Å². The Morgan fingerprint density at radius 2 is 1.86 bits per heavy atom. The summed E-state index contributed by atoms with van der Waals surface area (Å²) in [7, 11) is 0. The van der Waals surface area contributed by atoms with Crippen LogP contribution in [0.5, 0.6) is 5.75 Å². The molecule has 0 radical (unpaired) electrons. The van der Waals surface area contributed by atoms with E-state index in [1.807, 2.05) is 19.9 Å². The summed E-state index contributed by atoms with van der Waals surface area (Å²) in [5.41, 5.74) is 4.35. The van der Waals surface area contributed by atoms with Gasteiger partial charge in [0.15, 0.2) is 0 Å². The van der Waals surface area contributed by atoms with Crippen molar-refractivity contribution in [3.63, 3.8) is 0 Å². The van der Waals surface area contributed by atoms with E-state index in [0.29, 0.717) is 35.1 Å². The monoisotopic (exact) mass is 507 g/mol. The third-order valence-corrected chi connectivity index (χ3v) is 6.23. The predicted octanol–water partition coefficient (Wildman–Crippen LogP) is 1.72. The van der Waals surface area contributed by atoms with Crippen molar-refractivity contribution in [3.05, 3.63) is 53.1 Å². The van der Waals surface area contributed by atoms with Crippen molar-refractivity contribution >= 4 is 0 Å². The maximum absolute atomic E-state index is 10.2. The molecule has 196 valence electrons. The minimum absolute atomic E-state index is 0.0409. The van der Waals surface area contributed by atoms with Crippen LogP contribution in [0.15, 0.2) is 40.9 Å². The SMILES string of the molecule is CC(C)Oc1ccc(-c2nc(-c3ccc4c(c3)CCN(CC(O)NC[C@H](O)CO)CC4)no2)cc1C#N. The van der Waals surface area contributed by atoms with Crippen molar-refractivity contribution in [2.24, 2.45) is 0 Å². The maximum atomic E-state index is 10.2. The lowest BCUT2D eigenvalue weighted by atomic mass is 10.00. The number of aliphatic hydroxyl groups is 3. The van der Waals surface area contributed by atoms with E-state index in [4.69, 9.17) is 14.4 Å². The van der Waals surface area contributed by atoms with E-state index in [1.165, 1.54) is 11.1 Å². The summed E-state index contributed by atoms with van der Waals surface area (Å²) in [6, 6.07) is 13.5. The van der Waals surface area contributed by atoms with Gasteiger partial charge in [0.05, 0.1) is 24.4 Å². The molecule has 0 aliphatic carbocycles. The quantitative estimate of drug-likeness (QED) is 0.299. The Labute approximate surface area is 216 Å². The van der Waals surface area contributed by atoms with Gasteiger partial charge in [-0.05, 0) is 62.1 Å². The Bertz CT molecular complexity index is 1240. The van der Waals surface area contributed by atoms with Crippen molar-refractivity contribution in [2.45, 2.75) is 45.1 Å². The minimum Gasteiger partial charge on any atom is -0.490 e. The number of rotatable bonds is 10. The number of ether oxygens (including phenoxy) is 1. The second-order valence-electron chi connectivity index (χ2n) is 9.46. The number of hydrogen-bond donors (Lipinski definition) is 4. The standard InChI is InChI=1S/C27H33N5O5/c1-17(2)36-24-6-5-21(12-22(24)13-28)27-30-26(31-37-27)20-4-3-18-7-9-32(10-8-19(18)11-20)15-25(35)29-14-23(34)16-33/h3-6,11-12,17,23,25,29,33-35H,7-10,14-16H2,1-2H3/t23-,25?/m0/s1. The summed E-state index contributed by atoms with van der Waals surface area (Å²) in [6.07, 6.45) is -0.0632. The predicted molar refractivity (Wildman–Crippen MR) is 137 cm³/mol. The summed E-state index contributed by atoms with van der Waals surface area (Å²) in [5.74, 6) is 1.32. The van der Waals surface area contributed by atoms with Gasteiger partial charge in [-0.15, -0.1) is 0 Å². The molecule has 10 nitrogen and oxygen atoms in total. The molecular weight excluding hydrogens is 474 g/mol. The molecule has 0 spiro atoms. The van der Waals surface area contributed by atoms with Crippen LogP contribution in [0.3, 0.4) is 0 Å². The van der Waals surface area contributed by atoms with Gasteiger partial charge in [-0.25, -0.2) is 0 Å². The molecule has 4 rings (SSSR count). The fourth-order valence-electron chi connectivity index (χ4n) is 4.30. The average Bonchev–Trinajstić information content (AvgIpc) is 3.30. The molecule has 4 N–H and O–H groups in total. The minimum atomic E-state index is -0.890. The third-order valence-electron chi connectivity index (χ3n) is 6.23. The molecule has 10 heteroatoms. The van der Waals surface area contributed by atoms with Crippen molar-refractivity contribution in [1.29, 1.82) is 5.26 Å². The number of hydrogen-bond acceptors (Lipinski definition) is 10. The van der Waals surface area contributed by atoms with Crippen LogP contribution in [-0.2, 0) is 12.8 Å². The van der Waals surface area contributed by atoms with Gasteiger partial charge in [0.25, 0.3) is 5.89 Å². The Hall–Kier alpha value is -3.33. The number of nitrogens with zero attached hydrogens (tertiary/aromatic N) is 4. The highest BCUT2D eigenvalue weighted by Gasteiger charge is 2.19. The molecule has 2 heterocycles. The van der Waals surface area contributed by atoms with Crippen molar-refractivity contribution in [1.82, 2.24) is 20.4 Å². The van der Waals surface area contributed by atoms with Crippen molar-refractivity contribution in [3.8, 4) is 34.7 Å². The third kappa shape index (κ3) is 6.91. The molecule has 2 aromatic carbocycles. The summed E-state index contributed by atoms with van der Waals surface area (Å²) in [4.78, 5) is 6.74. The normalized spacial score (nSPS) is 15.6. The Morgan fingerprint density at radius 1 is 1.11 bits per heavy atom. The Kier molecular flexibility index (Phi) is 8.87. The molecule has 2 atom stereocenters. The number of fused-ring (bicyclic) bond motifs is 1. The number of nitriles is 1. The molecule has 37 heavy (non-hydrogen) atoms. The van der Waals surface area contributed by atoms with E-state index < -0.39 is 12.3 Å². The molecule has 1 unspecified atom stereocenters. The molecule has 1 aliphatic heterocycles. The van der Waals surface area contributed by atoms with Crippen LogP contribution in [0.25, 0.3) is 22.8 Å². The maximum Gasteiger partial charge on any atom is 0.258 e. The molecule has 0 bridgehead atoms. The molecular formula is C27H33N5O5. The first kappa shape index (κ1) is 26.7. The van der Waals surface area contributed by atoms with Crippen LogP contribution in [-0.4, -0.2) is 81.6 Å². The van der Waals surface area contributed by atoms with Gasteiger partial charge in [-0.2, -0.15) is 10.2 Å². The van der Waals surface area contributed by atoms with E-state index in [0.717, 1.165) is 31.5 Å². The van der Waals surface area contributed by atoms with E-state index in [1.54, 1.807) is 18.2 Å². The zero-order valence-electron chi connectivity index (χ0n) is 21.1. The topological polar surface area (TPSA) is 148 Å². The smallest absolute Gasteiger partial charge is 0.258 e. The summed E-state index contributed by atoms with van der Waals surface area (Å²) < 4.78 is 11.2. The zero-order valence-corrected chi connectivity index (χ0v) is 21.1. The highest BCUT2D eigenvalue weighted by atomic mass is 16.5. The number of aliphatic hydroxyl groups excluding tert-OH is 3. The molecule has 0 saturated heterocycles. The van der Waals surface area contributed by atoms with Crippen LogP contribution in [0.4, 0.5) is 0 Å². The van der Waals surface area contributed by atoms with Gasteiger partial charge in [0.1, 0.15) is 18.0 Å². The molecule has 0 amide bonds. The second-order valence-corrected chi connectivity index (χ2v) is 9.46. The fourth-order valence-corrected chi connectivity index (χ4v) is 4.30. The number of nitrogens with one attached hydrogen (secondary N) is 1. The van der Waals surface area contributed by atoms with Gasteiger partial charge in [-0.1, -0.05) is 17.3 Å². The molecule has 1 aromatic heterocycles. The lowest BCUT2D eigenvalue weighted by Crippen LogP contribution is -2.45. The number of β-amino-alcohol motifs (C(OH)–C–C–N with tert-alkyl or cyclic N) is 1. The van der Waals surface area contributed by atoms with E-state index in [-0.39, 0.29) is 19.3 Å². The molecule has 1 aliphatic rings. The first-order valence-corrected chi connectivity index (χ1v) is 12.5. The van der Waals surface area contributed by atoms with E-state index >= 15 is 0 Å². The number of benzene rings is 2. The summed E-state index contributed by atoms with van der Waals surface area (Å²) >= 11 is 0. The largest absolute Gasteiger partial charge is 0.490 e. The highest BCUT2D eigenvalue weighted by molar-refractivity contribution is 5.64. The Morgan fingerprint density at radius 3 is 2.59 bits per heavy atom. The second kappa shape index (κ2) is 12.3. The first-order chi connectivity index (χ1) is 17.9. The van der Waals surface area contributed by atoms with Crippen molar-refractivity contribution < 1.29 is 24.6 Å². The average molecular weight is 508 g/mol. The van der Waals surface area contributed by atoms with E-state index in [2.05, 4.69) is 38.6 Å².